The molecular weight excluding hydrogens is 315 g/mol. The van der Waals surface area contributed by atoms with Crippen molar-refractivity contribution in [3.63, 3.8) is 0 Å². The van der Waals surface area contributed by atoms with Gasteiger partial charge in [0.05, 0.1) is 15.7 Å². The van der Waals surface area contributed by atoms with Crippen molar-refractivity contribution in [1.82, 2.24) is 5.32 Å². The van der Waals surface area contributed by atoms with E-state index in [1.807, 2.05) is 0 Å². The summed E-state index contributed by atoms with van der Waals surface area (Å²) in [6.07, 6.45) is 1.15. The fraction of sp³-hybridized carbons (Fsp3) is 0.600. The van der Waals surface area contributed by atoms with Gasteiger partial charge < -0.3 is 10.2 Å². The highest BCUT2D eigenvalue weighted by molar-refractivity contribution is 6.41. The van der Waals surface area contributed by atoms with Gasteiger partial charge in [0.1, 0.15) is 0 Å². The summed E-state index contributed by atoms with van der Waals surface area (Å²) in [5, 5.41) is 5.40. The minimum absolute atomic E-state index is 0.156. The first-order valence-corrected chi connectivity index (χ1v) is 8.04. The maximum absolute atomic E-state index is 6.29. The van der Waals surface area contributed by atoms with Crippen LogP contribution in [0.2, 0.25) is 15.1 Å². The Balaban J connectivity index is 2.03. The van der Waals surface area contributed by atoms with E-state index in [1.165, 1.54) is 0 Å². The van der Waals surface area contributed by atoms with Gasteiger partial charge in [-0.15, -0.1) is 0 Å². The molecule has 0 amide bonds. The second kappa shape index (κ2) is 6.31. The smallest absolute Gasteiger partial charge is 0.0746 e. The number of halogens is 3. The van der Waals surface area contributed by atoms with Crippen LogP contribution in [0.15, 0.2) is 12.1 Å². The molecule has 1 unspecified atom stereocenters. The highest BCUT2D eigenvalue weighted by Gasteiger charge is 2.26. The Morgan fingerprint density at radius 1 is 1.20 bits per heavy atom. The number of hydrogen-bond donors (Lipinski definition) is 1. The lowest BCUT2D eigenvalue weighted by molar-refractivity contribution is 0.383. The first kappa shape index (κ1) is 16.2. The van der Waals surface area contributed by atoms with E-state index in [0.717, 1.165) is 31.7 Å². The zero-order chi connectivity index (χ0) is 14.9. The van der Waals surface area contributed by atoms with Gasteiger partial charge in [0.25, 0.3) is 0 Å². The number of anilines is 1. The van der Waals surface area contributed by atoms with E-state index in [4.69, 9.17) is 34.8 Å². The van der Waals surface area contributed by atoms with Gasteiger partial charge in [-0.3, -0.25) is 0 Å². The molecule has 2 nitrogen and oxygen atoms in total. The fourth-order valence-electron chi connectivity index (χ4n) is 2.49. The van der Waals surface area contributed by atoms with Crippen molar-refractivity contribution >= 4 is 40.5 Å². The Morgan fingerprint density at radius 3 is 2.35 bits per heavy atom. The lowest BCUT2D eigenvalue weighted by atomic mass is 10.1. The van der Waals surface area contributed by atoms with Gasteiger partial charge in [0.2, 0.25) is 0 Å². The Morgan fingerprint density at radius 2 is 1.80 bits per heavy atom. The van der Waals surface area contributed by atoms with E-state index in [2.05, 4.69) is 31.0 Å². The highest BCUT2D eigenvalue weighted by atomic mass is 35.5. The number of benzene rings is 1. The Bertz CT molecular complexity index is 459. The molecule has 1 fully saturated rings. The minimum Gasteiger partial charge on any atom is -0.369 e. The Hall–Kier alpha value is -0.150. The third-order valence-corrected chi connectivity index (χ3v) is 4.30. The van der Waals surface area contributed by atoms with Crippen LogP contribution in [0.1, 0.15) is 27.2 Å². The molecule has 0 aromatic heterocycles. The molecule has 1 saturated heterocycles. The SMILES string of the molecule is CC(C)(C)NCC1CCN(c2c(Cl)cc(Cl)cc2Cl)C1. The summed E-state index contributed by atoms with van der Waals surface area (Å²) in [5.74, 6) is 0.622. The summed E-state index contributed by atoms with van der Waals surface area (Å²) in [5.41, 5.74) is 1.07. The van der Waals surface area contributed by atoms with Gasteiger partial charge in [0, 0.05) is 30.2 Å². The second-order valence-electron chi connectivity index (χ2n) is 6.45. The summed E-state index contributed by atoms with van der Waals surface area (Å²) >= 11 is 18.5. The average Bonchev–Trinajstić information content (AvgIpc) is 2.72. The number of nitrogens with one attached hydrogen (secondary N) is 1. The van der Waals surface area contributed by atoms with Crippen LogP contribution in [-0.4, -0.2) is 25.2 Å². The topological polar surface area (TPSA) is 15.3 Å². The summed E-state index contributed by atoms with van der Waals surface area (Å²) < 4.78 is 0. The van der Waals surface area contributed by atoms with Crippen molar-refractivity contribution in [2.24, 2.45) is 5.92 Å². The molecule has 0 aliphatic carbocycles. The van der Waals surface area contributed by atoms with E-state index in [1.54, 1.807) is 12.1 Å². The van der Waals surface area contributed by atoms with Crippen molar-refractivity contribution in [2.75, 3.05) is 24.5 Å². The number of rotatable bonds is 3. The molecule has 1 atom stereocenters. The van der Waals surface area contributed by atoms with Crippen molar-refractivity contribution in [1.29, 1.82) is 0 Å². The fourth-order valence-corrected chi connectivity index (χ4v) is 3.55. The predicted molar refractivity (Wildman–Crippen MR) is 89.5 cm³/mol. The highest BCUT2D eigenvalue weighted by Crippen LogP contribution is 2.38. The predicted octanol–water partition coefficient (Wildman–Crippen LogP) is 4.86. The zero-order valence-corrected chi connectivity index (χ0v) is 14.4. The molecule has 2 rings (SSSR count). The van der Waals surface area contributed by atoms with Gasteiger partial charge in [-0.05, 0) is 45.2 Å². The minimum atomic E-state index is 0.156. The molecule has 112 valence electrons. The van der Waals surface area contributed by atoms with E-state index < -0.39 is 0 Å². The summed E-state index contributed by atoms with van der Waals surface area (Å²) in [6.45, 7) is 9.54. The molecule has 0 spiro atoms. The second-order valence-corrected chi connectivity index (χ2v) is 7.70. The van der Waals surface area contributed by atoms with Crippen LogP contribution in [0.25, 0.3) is 0 Å². The summed E-state index contributed by atoms with van der Waals surface area (Å²) in [4.78, 5) is 2.26. The van der Waals surface area contributed by atoms with E-state index in [9.17, 15) is 0 Å². The molecule has 1 heterocycles. The lowest BCUT2D eigenvalue weighted by Crippen LogP contribution is -2.39. The first-order valence-electron chi connectivity index (χ1n) is 6.91. The third kappa shape index (κ3) is 4.17. The van der Waals surface area contributed by atoms with Crippen molar-refractivity contribution in [3.05, 3.63) is 27.2 Å². The van der Waals surface area contributed by atoms with Gasteiger partial charge in [-0.25, -0.2) is 0 Å². The lowest BCUT2D eigenvalue weighted by Gasteiger charge is -2.24. The molecule has 0 saturated carbocycles. The van der Waals surface area contributed by atoms with E-state index in [0.29, 0.717) is 21.0 Å². The molecule has 1 aliphatic rings. The Labute approximate surface area is 136 Å². The molecule has 1 aromatic rings. The van der Waals surface area contributed by atoms with Crippen LogP contribution in [0, 0.1) is 5.92 Å². The van der Waals surface area contributed by atoms with E-state index in [-0.39, 0.29) is 5.54 Å². The molecule has 1 N–H and O–H groups in total. The number of hydrogen-bond acceptors (Lipinski definition) is 2. The van der Waals surface area contributed by atoms with Crippen LogP contribution in [-0.2, 0) is 0 Å². The molecule has 0 bridgehead atoms. The standard InChI is InChI=1S/C15H21Cl3N2/c1-15(2,3)19-8-10-4-5-20(9-10)14-12(17)6-11(16)7-13(14)18/h6-7,10,19H,4-5,8-9H2,1-3H3. The molecule has 5 heteroatoms. The summed E-state index contributed by atoms with van der Waals surface area (Å²) in [7, 11) is 0. The van der Waals surface area contributed by atoms with Crippen LogP contribution in [0.3, 0.4) is 0 Å². The van der Waals surface area contributed by atoms with Crippen molar-refractivity contribution in [2.45, 2.75) is 32.7 Å². The quantitative estimate of drug-likeness (QED) is 0.848. The molecule has 1 aliphatic heterocycles. The normalized spacial score (nSPS) is 19.7. The van der Waals surface area contributed by atoms with Gasteiger partial charge in [-0.2, -0.15) is 0 Å². The Kier molecular flexibility index (Phi) is 5.12. The van der Waals surface area contributed by atoms with E-state index >= 15 is 0 Å². The third-order valence-electron chi connectivity index (χ3n) is 3.50. The van der Waals surface area contributed by atoms with Gasteiger partial charge in [0.15, 0.2) is 0 Å². The average molecular weight is 336 g/mol. The van der Waals surface area contributed by atoms with Crippen molar-refractivity contribution in [3.8, 4) is 0 Å². The monoisotopic (exact) mass is 334 g/mol. The van der Waals surface area contributed by atoms with Gasteiger partial charge in [-0.1, -0.05) is 34.8 Å². The number of nitrogens with zero attached hydrogens (tertiary/aromatic N) is 1. The molecule has 1 aromatic carbocycles. The molecular formula is C15H21Cl3N2. The van der Waals surface area contributed by atoms with Crippen molar-refractivity contribution < 1.29 is 0 Å². The zero-order valence-electron chi connectivity index (χ0n) is 12.1. The molecule has 20 heavy (non-hydrogen) atoms. The van der Waals surface area contributed by atoms with Crippen LogP contribution in [0.5, 0.6) is 0 Å². The summed E-state index contributed by atoms with van der Waals surface area (Å²) in [6, 6.07) is 3.51. The first-order chi connectivity index (χ1) is 9.26. The van der Waals surface area contributed by atoms with Gasteiger partial charge >= 0.3 is 0 Å². The van der Waals surface area contributed by atoms with Crippen LogP contribution in [0.4, 0.5) is 5.69 Å². The van der Waals surface area contributed by atoms with Crippen LogP contribution < -0.4 is 10.2 Å². The van der Waals surface area contributed by atoms with Crippen LogP contribution >= 0.6 is 34.8 Å². The molecule has 0 radical (unpaired) electrons. The maximum atomic E-state index is 6.29. The maximum Gasteiger partial charge on any atom is 0.0746 e. The largest absolute Gasteiger partial charge is 0.369 e.